The van der Waals surface area contributed by atoms with E-state index in [2.05, 4.69) is 5.32 Å². The standard InChI is InChI=1S/C7H15NO3.C6H14N2O2.C4H7NO4/c1-2-4-8-6(3-5-9)7(10)11;7-4-2-1-3-5(8)6(9)10;5-2(4(8)9)1-3(6)7/h6,8-9H,2-5H2,1H3,(H,10,11);5H,1-4,7-8H2,(H,9,10);2H,1,5H2,(H,6,7)(H,8,9)/t6-;5-;2-/m000/s1. The van der Waals surface area contributed by atoms with E-state index >= 15 is 0 Å². The molecule has 13 heteroatoms. The van der Waals surface area contributed by atoms with E-state index in [-0.39, 0.29) is 13.0 Å². The predicted octanol–water partition coefficient (Wildman–Crippen LogP) is -1.78. The first-order valence-electron chi connectivity index (χ1n) is 9.40. The van der Waals surface area contributed by atoms with Crippen LogP contribution in [0.15, 0.2) is 0 Å². The predicted molar refractivity (Wildman–Crippen MR) is 108 cm³/mol. The largest absolute Gasteiger partial charge is 0.481 e. The van der Waals surface area contributed by atoms with Gasteiger partial charge in [0.2, 0.25) is 0 Å². The number of hydrogen-bond donors (Lipinski definition) is 9. The third-order valence-electron chi connectivity index (χ3n) is 3.35. The first-order valence-corrected chi connectivity index (χ1v) is 9.40. The van der Waals surface area contributed by atoms with Crippen LogP contribution in [0, 0.1) is 0 Å². The minimum atomic E-state index is -1.29. The SMILES string of the molecule is CCCN[C@@H](CCO)C(=O)O.NCCCC[C@H](N)C(=O)O.N[C@@H](CC(=O)O)C(=O)O. The van der Waals surface area contributed by atoms with E-state index in [1.165, 1.54) is 0 Å². The number of carboxylic acid groups (broad SMARTS) is 4. The van der Waals surface area contributed by atoms with Crippen molar-refractivity contribution >= 4 is 23.9 Å². The number of nitrogens with one attached hydrogen (secondary N) is 1. The van der Waals surface area contributed by atoms with Crippen LogP contribution in [0.4, 0.5) is 0 Å². The second kappa shape index (κ2) is 21.4. The Bertz CT molecular complexity index is 492. The Labute approximate surface area is 175 Å². The Morgan fingerprint density at radius 2 is 1.40 bits per heavy atom. The third kappa shape index (κ3) is 23.7. The molecule has 0 aromatic heterocycles. The highest BCUT2D eigenvalue weighted by molar-refractivity contribution is 5.80. The van der Waals surface area contributed by atoms with E-state index in [0.717, 1.165) is 19.3 Å². The molecule has 178 valence electrons. The number of hydrogen-bond acceptors (Lipinski definition) is 9. The van der Waals surface area contributed by atoms with Gasteiger partial charge in [-0.2, -0.15) is 0 Å². The molecule has 0 aliphatic rings. The molecule has 0 aromatic rings. The van der Waals surface area contributed by atoms with Gasteiger partial charge in [0, 0.05) is 6.61 Å². The molecule has 12 N–H and O–H groups in total. The van der Waals surface area contributed by atoms with E-state index in [0.29, 0.717) is 19.5 Å². The Morgan fingerprint density at radius 1 is 0.867 bits per heavy atom. The van der Waals surface area contributed by atoms with Crippen LogP contribution in [-0.2, 0) is 19.2 Å². The topological polar surface area (TPSA) is 260 Å². The van der Waals surface area contributed by atoms with E-state index in [4.69, 9.17) is 42.7 Å². The van der Waals surface area contributed by atoms with Crippen molar-refractivity contribution in [1.29, 1.82) is 0 Å². The van der Waals surface area contributed by atoms with E-state index in [1.54, 1.807) is 0 Å². The number of carbonyl (C=O) groups is 4. The molecule has 0 unspecified atom stereocenters. The van der Waals surface area contributed by atoms with Crippen LogP contribution < -0.4 is 22.5 Å². The maximum Gasteiger partial charge on any atom is 0.321 e. The Kier molecular flexibility index (Phi) is 23.1. The minimum absolute atomic E-state index is 0.0896. The van der Waals surface area contributed by atoms with Gasteiger partial charge in [-0.15, -0.1) is 0 Å². The number of aliphatic hydroxyl groups is 1. The molecular weight excluding hydrogens is 404 g/mol. The van der Waals surface area contributed by atoms with Crippen LogP contribution in [0.5, 0.6) is 0 Å². The van der Waals surface area contributed by atoms with Crippen molar-refractivity contribution in [1.82, 2.24) is 5.32 Å². The molecule has 0 spiro atoms. The summed E-state index contributed by atoms with van der Waals surface area (Å²) in [4.78, 5) is 40.2. The summed E-state index contributed by atoms with van der Waals surface area (Å²) < 4.78 is 0. The highest BCUT2D eigenvalue weighted by Crippen LogP contribution is 1.97. The quantitative estimate of drug-likeness (QED) is 0.135. The van der Waals surface area contributed by atoms with Crippen molar-refractivity contribution in [2.75, 3.05) is 19.7 Å². The third-order valence-corrected chi connectivity index (χ3v) is 3.35. The van der Waals surface area contributed by atoms with Crippen LogP contribution in [0.1, 0.15) is 45.4 Å². The lowest BCUT2D eigenvalue weighted by Gasteiger charge is -2.11. The van der Waals surface area contributed by atoms with Gasteiger partial charge in [0.25, 0.3) is 0 Å². The highest BCUT2D eigenvalue weighted by Gasteiger charge is 2.15. The molecule has 0 heterocycles. The van der Waals surface area contributed by atoms with Gasteiger partial charge in [-0.05, 0) is 38.8 Å². The fourth-order valence-electron chi connectivity index (χ4n) is 1.67. The number of unbranched alkanes of at least 4 members (excludes halogenated alkanes) is 1. The fraction of sp³-hybridized carbons (Fsp3) is 0.765. The molecule has 0 aliphatic heterocycles. The lowest BCUT2D eigenvalue weighted by molar-refractivity contribution is -0.144. The second-order valence-corrected chi connectivity index (χ2v) is 6.13. The zero-order valence-electron chi connectivity index (χ0n) is 17.2. The Morgan fingerprint density at radius 3 is 1.70 bits per heavy atom. The monoisotopic (exact) mass is 440 g/mol. The number of carboxylic acids is 4. The van der Waals surface area contributed by atoms with Crippen LogP contribution in [-0.4, -0.2) is 87.2 Å². The van der Waals surface area contributed by atoms with E-state index < -0.39 is 48.4 Å². The summed E-state index contributed by atoms with van der Waals surface area (Å²) in [5.41, 5.74) is 15.3. The van der Waals surface area contributed by atoms with Gasteiger partial charge in [0.05, 0.1) is 6.42 Å². The number of rotatable bonds is 14. The fourth-order valence-corrected chi connectivity index (χ4v) is 1.67. The van der Waals surface area contributed by atoms with Gasteiger partial charge in [0.1, 0.15) is 18.1 Å². The molecule has 0 aliphatic carbocycles. The first kappa shape index (κ1) is 32.3. The van der Waals surface area contributed by atoms with Gasteiger partial charge < -0.3 is 48.1 Å². The average molecular weight is 440 g/mol. The van der Waals surface area contributed by atoms with E-state index in [9.17, 15) is 19.2 Å². The normalized spacial score (nSPS) is 12.8. The minimum Gasteiger partial charge on any atom is -0.481 e. The maximum atomic E-state index is 10.4. The van der Waals surface area contributed by atoms with Crippen LogP contribution >= 0.6 is 0 Å². The summed E-state index contributed by atoms with van der Waals surface area (Å²) >= 11 is 0. The number of nitrogens with two attached hydrogens (primary N) is 3. The Hall–Kier alpha value is -2.32. The molecule has 13 nitrogen and oxygen atoms in total. The summed E-state index contributed by atoms with van der Waals surface area (Å²) in [6.45, 7) is 3.15. The molecular formula is C17H36N4O9. The molecule has 0 bridgehead atoms. The van der Waals surface area contributed by atoms with Crippen LogP contribution in [0.25, 0.3) is 0 Å². The summed E-state index contributed by atoms with van der Waals surface area (Å²) in [5, 5.41) is 44.2. The van der Waals surface area contributed by atoms with Gasteiger partial charge in [-0.25, -0.2) is 0 Å². The molecule has 30 heavy (non-hydrogen) atoms. The van der Waals surface area contributed by atoms with Gasteiger partial charge in [-0.1, -0.05) is 13.3 Å². The molecule has 0 fully saturated rings. The zero-order chi connectivity index (χ0) is 24.1. The summed E-state index contributed by atoms with van der Waals surface area (Å²) in [7, 11) is 0. The number of aliphatic hydroxyl groups excluding tert-OH is 1. The Balaban J connectivity index is -0.000000366. The average Bonchev–Trinajstić information content (AvgIpc) is 2.65. The summed E-state index contributed by atoms with van der Waals surface area (Å²) in [6.07, 6.45) is 2.80. The van der Waals surface area contributed by atoms with Crippen LogP contribution in [0.2, 0.25) is 0 Å². The van der Waals surface area contributed by atoms with Crippen molar-refractivity contribution < 1.29 is 44.7 Å². The molecule has 0 rings (SSSR count). The van der Waals surface area contributed by atoms with Gasteiger partial charge >= 0.3 is 23.9 Å². The second-order valence-electron chi connectivity index (χ2n) is 6.13. The first-order chi connectivity index (χ1) is 13.9. The van der Waals surface area contributed by atoms with Gasteiger partial charge in [0.15, 0.2) is 0 Å². The molecule has 0 saturated heterocycles. The molecule has 0 saturated carbocycles. The summed E-state index contributed by atoms with van der Waals surface area (Å²) in [5.74, 6) is -4.33. The summed E-state index contributed by atoms with van der Waals surface area (Å²) in [6, 6.07) is -2.60. The molecule has 3 atom stereocenters. The van der Waals surface area contributed by atoms with Crippen LogP contribution in [0.3, 0.4) is 0 Å². The van der Waals surface area contributed by atoms with Crippen molar-refractivity contribution in [2.24, 2.45) is 17.2 Å². The van der Waals surface area contributed by atoms with Crippen molar-refractivity contribution in [3.05, 3.63) is 0 Å². The smallest absolute Gasteiger partial charge is 0.321 e. The van der Waals surface area contributed by atoms with Gasteiger partial charge in [-0.3, -0.25) is 19.2 Å². The molecule has 0 amide bonds. The van der Waals surface area contributed by atoms with E-state index in [1.807, 2.05) is 6.92 Å². The van der Waals surface area contributed by atoms with Crippen molar-refractivity contribution in [3.63, 3.8) is 0 Å². The lowest BCUT2D eigenvalue weighted by atomic mass is 10.1. The number of aliphatic carboxylic acids is 4. The maximum absolute atomic E-state index is 10.4. The zero-order valence-corrected chi connectivity index (χ0v) is 17.2. The lowest BCUT2D eigenvalue weighted by Crippen LogP contribution is -2.37. The highest BCUT2D eigenvalue weighted by atomic mass is 16.4. The molecule has 0 radical (unpaired) electrons. The van der Waals surface area contributed by atoms with Crippen molar-refractivity contribution in [2.45, 2.75) is 63.6 Å². The molecule has 0 aromatic carbocycles. The van der Waals surface area contributed by atoms with Crippen molar-refractivity contribution in [3.8, 4) is 0 Å².